The zero-order chi connectivity index (χ0) is 15.4. The molecule has 0 bridgehead atoms. The van der Waals surface area contributed by atoms with E-state index in [9.17, 15) is 9.59 Å². The summed E-state index contributed by atoms with van der Waals surface area (Å²) in [4.78, 5) is 23.1. The number of nitrogens with one attached hydrogen (secondary N) is 1. The lowest BCUT2D eigenvalue weighted by Gasteiger charge is -2.12. The molecule has 22 heavy (non-hydrogen) atoms. The average Bonchev–Trinajstić information content (AvgIpc) is 2.91. The van der Waals surface area contributed by atoms with E-state index < -0.39 is 6.09 Å². The van der Waals surface area contributed by atoms with Crippen LogP contribution >= 0.6 is 0 Å². The summed E-state index contributed by atoms with van der Waals surface area (Å²) in [6.45, 7) is 0.952. The van der Waals surface area contributed by atoms with Crippen molar-refractivity contribution in [1.29, 1.82) is 0 Å². The zero-order valence-corrected chi connectivity index (χ0v) is 12.1. The summed E-state index contributed by atoms with van der Waals surface area (Å²) in [5, 5.41) is 6.85. The van der Waals surface area contributed by atoms with Crippen LogP contribution in [0.4, 0.5) is 10.6 Å². The molecule has 0 unspecified atom stereocenters. The van der Waals surface area contributed by atoms with Crippen LogP contribution in [0.2, 0.25) is 0 Å². The Hall–Kier alpha value is -2.63. The highest BCUT2D eigenvalue weighted by atomic mass is 16.5. The molecule has 3 rings (SSSR count). The van der Waals surface area contributed by atoms with Gasteiger partial charge in [-0.25, -0.2) is 4.79 Å². The smallest absolute Gasteiger partial charge is 0.413 e. The van der Waals surface area contributed by atoms with Gasteiger partial charge in [-0.05, 0) is 24.8 Å². The van der Waals surface area contributed by atoms with Gasteiger partial charge < -0.3 is 4.74 Å². The molecule has 0 spiro atoms. The Labute approximate surface area is 128 Å². The zero-order valence-electron chi connectivity index (χ0n) is 12.1. The fourth-order valence-corrected chi connectivity index (χ4v) is 2.59. The molecule has 1 aliphatic rings. The van der Waals surface area contributed by atoms with Gasteiger partial charge >= 0.3 is 6.09 Å². The normalized spacial score (nSPS) is 13.3. The summed E-state index contributed by atoms with van der Waals surface area (Å²) < 4.78 is 6.94. The lowest BCUT2D eigenvalue weighted by molar-refractivity contribution is 0.112. The number of aryl methyl sites for hydroxylation is 1. The summed E-state index contributed by atoms with van der Waals surface area (Å²) in [5.41, 5.74) is 2.24. The monoisotopic (exact) mass is 299 g/mol. The Morgan fingerprint density at radius 3 is 2.91 bits per heavy atom. The number of carbonyl (C=O) groups is 2. The molecule has 1 N–H and O–H groups in total. The maximum Gasteiger partial charge on any atom is 0.413 e. The number of anilines is 1. The highest BCUT2D eigenvalue weighted by molar-refractivity contribution is 5.92. The second-order valence-corrected chi connectivity index (χ2v) is 5.19. The van der Waals surface area contributed by atoms with Crippen LogP contribution in [0.1, 0.15) is 34.5 Å². The largest absolute Gasteiger partial charge is 0.444 e. The fraction of sp³-hybridized carbons (Fsp3) is 0.312. The van der Waals surface area contributed by atoms with E-state index in [2.05, 4.69) is 10.4 Å². The van der Waals surface area contributed by atoms with E-state index in [1.807, 2.05) is 30.3 Å². The molecule has 6 heteroatoms. The summed E-state index contributed by atoms with van der Waals surface area (Å²) >= 11 is 0. The molecule has 1 aliphatic heterocycles. The van der Waals surface area contributed by atoms with Gasteiger partial charge in [0.1, 0.15) is 6.61 Å². The number of fused-ring (bicyclic) bond motifs is 1. The van der Waals surface area contributed by atoms with Gasteiger partial charge in [0, 0.05) is 6.54 Å². The van der Waals surface area contributed by atoms with Gasteiger partial charge in [-0.15, -0.1) is 0 Å². The standard InChI is InChI=1S/C16H17N3O3/c20-10-13-14-8-4-5-9-19(14)18-15(13)17-16(21)22-11-12-6-2-1-3-7-12/h1-3,6-7,10H,4-5,8-9,11H2,(H,17,18,21). The minimum absolute atomic E-state index is 0.177. The van der Waals surface area contributed by atoms with Crippen LogP contribution in [-0.2, 0) is 24.3 Å². The Morgan fingerprint density at radius 2 is 2.14 bits per heavy atom. The summed E-state index contributed by atoms with van der Waals surface area (Å²) in [6.07, 6.45) is 3.01. The maximum atomic E-state index is 11.9. The van der Waals surface area contributed by atoms with E-state index in [0.29, 0.717) is 5.56 Å². The van der Waals surface area contributed by atoms with Crippen molar-refractivity contribution in [3.05, 3.63) is 47.2 Å². The van der Waals surface area contributed by atoms with E-state index >= 15 is 0 Å². The molecule has 0 saturated heterocycles. The average molecular weight is 299 g/mol. The molecule has 1 amide bonds. The number of aromatic nitrogens is 2. The van der Waals surface area contributed by atoms with E-state index in [4.69, 9.17) is 4.74 Å². The highest BCUT2D eigenvalue weighted by Crippen LogP contribution is 2.23. The molecule has 114 valence electrons. The van der Waals surface area contributed by atoms with Crippen molar-refractivity contribution in [1.82, 2.24) is 9.78 Å². The van der Waals surface area contributed by atoms with Crippen LogP contribution in [0.25, 0.3) is 0 Å². The third-order valence-corrected chi connectivity index (χ3v) is 3.68. The van der Waals surface area contributed by atoms with Crippen molar-refractivity contribution in [3.8, 4) is 0 Å². The second kappa shape index (κ2) is 6.43. The van der Waals surface area contributed by atoms with Crippen molar-refractivity contribution >= 4 is 18.2 Å². The predicted molar refractivity (Wildman–Crippen MR) is 80.8 cm³/mol. The first-order chi connectivity index (χ1) is 10.8. The van der Waals surface area contributed by atoms with Crippen molar-refractivity contribution in [2.24, 2.45) is 0 Å². The van der Waals surface area contributed by atoms with Crippen LogP contribution in [0.5, 0.6) is 0 Å². The number of aldehydes is 1. The van der Waals surface area contributed by atoms with Gasteiger partial charge in [-0.1, -0.05) is 30.3 Å². The summed E-state index contributed by atoms with van der Waals surface area (Å²) in [7, 11) is 0. The first kappa shape index (κ1) is 14.3. The molecular weight excluding hydrogens is 282 g/mol. The van der Waals surface area contributed by atoms with Gasteiger partial charge in [0.15, 0.2) is 12.1 Å². The van der Waals surface area contributed by atoms with Crippen LogP contribution < -0.4 is 5.32 Å². The van der Waals surface area contributed by atoms with Crippen LogP contribution in [0.15, 0.2) is 30.3 Å². The molecule has 0 saturated carbocycles. The van der Waals surface area contributed by atoms with Gasteiger partial charge in [-0.3, -0.25) is 14.8 Å². The number of benzene rings is 1. The lowest BCUT2D eigenvalue weighted by Crippen LogP contribution is -2.15. The minimum atomic E-state index is -0.609. The third-order valence-electron chi connectivity index (χ3n) is 3.68. The number of rotatable bonds is 4. The highest BCUT2D eigenvalue weighted by Gasteiger charge is 2.21. The van der Waals surface area contributed by atoms with E-state index in [1.54, 1.807) is 4.68 Å². The number of hydrogen-bond donors (Lipinski definition) is 1. The van der Waals surface area contributed by atoms with E-state index in [-0.39, 0.29) is 12.4 Å². The first-order valence-corrected chi connectivity index (χ1v) is 7.30. The number of hydrogen-bond acceptors (Lipinski definition) is 4. The van der Waals surface area contributed by atoms with Crippen molar-refractivity contribution in [2.75, 3.05) is 5.32 Å². The molecule has 0 fully saturated rings. The molecule has 2 aromatic rings. The number of nitrogens with zero attached hydrogens (tertiary/aromatic N) is 2. The lowest BCUT2D eigenvalue weighted by atomic mass is 10.1. The van der Waals surface area contributed by atoms with Crippen molar-refractivity contribution in [2.45, 2.75) is 32.4 Å². The number of carbonyl (C=O) groups excluding carboxylic acids is 2. The summed E-state index contributed by atoms with van der Waals surface area (Å²) in [6, 6.07) is 9.41. The fourth-order valence-electron chi connectivity index (χ4n) is 2.59. The minimum Gasteiger partial charge on any atom is -0.444 e. The van der Waals surface area contributed by atoms with E-state index in [1.165, 1.54) is 0 Å². The van der Waals surface area contributed by atoms with Gasteiger partial charge in [0.05, 0.1) is 11.3 Å². The van der Waals surface area contributed by atoms with Gasteiger partial charge in [-0.2, -0.15) is 5.10 Å². The molecule has 0 atom stereocenters. The second-order valence-electron chi connectivity index (χ2n) is 5.19. The van der Waals surface area contributed by atoms with Crippen molar-refractivity contribution < 1.29 is 14.3 Å². The Bertz CT molecular complexity index is 679. The van der Waals surface area contributed by atoms with Crippen LogP contribution in [0.3, 0.4) is 0 Å². The van der Waals surface area contributed by atoms with Crippen LogP contribution in [0, 0.1) is 0 Å². The van der Waals surface area contributed by atoms with E-state index in [0.717, 1.165) is 43.4 Å². The molecule has 1 aromatic heterocycles. The van der Waals surface area contributed by atoms with Crippen molar-refractivity contribution in [3.63, 3.8) is 0 Å². The van der Waals surface area contributed by atoms with Gasteiger partial charge in [0.25, 0.3) is 0 Å². The predicted octanol–water partition coefficient (Wildman–Crippen LogP) is 2.78. The Kier molecular flexibility index (Phi) is 4.18. The molecule has 6 nitrogen and oxygen atoms in total. The Balaban J connectivity index is 1.66. The third kappa shape index (κ3) is 3.00. The van der Waals surface area contributed by atoms with Gasteiger partial charge in [0.2, 0.25) is 0 Å². The Morgan fingerprint density at radius 1 is 1.32 bits per heavy atom. The quantitative estimate of drug-likeness (QED) is 0.881. The molecular formula is C16H17N3O3. The molecule has 1 aromatic carbocycles. The number of amides is 1. The SMILES string of the molecule is O=Cc1c(NC(=O)OCc2ccccc2)nn2c1CCCC2. The maximum absolute atomic E-state index is 11.9. The topological polar surface area (TPSA) is 73.2 Å². The van der Waals surface area contributed by atoms with Crippen LogP contribution in [-0.4, -0.2) is 22.2 Å². The molecule has 0 aliphatic carbocycles. The summed E-state index contributed by atoms with van der Waals surface area (Å²) in [5.74, 6) is 0.282. The molecule has 2 heterocycles. The molecule has 0 radical (unpaired) electrons. The number of ether oxygens (including phenoxy) is 1. The first-order valence-electron chi connectivity index (χ1n) is 7.30.